The maximum Gasteiger partial charge on any atom is 0.348 e. The first-order valence-corrected chi connectivity index (χ1v) is 5.94. The maximum atomic E-state index is 13.6. The SMILES string of the molecule is CC(C)C(C)C(=O)OC(=O)c1ccc([N+](=O)[O-])cc1F. The lowest BCUT2D eigenvalue weighted by molar-refractivity contribution is -0.385. The molecule has 0 aliphatic rings. The highest BCUT2D eigenvalue weighted by Crippen LogP contribution is 2.18. The first-order chi connectivity index (χ1) is 9.23. The van der Waals surface area contributed by atoms with Crippen molar-refractivity contribution in [1.29, 1.82) is 0 Å². The summed E-state index contributed by atoms with van der Waals surface area (Å²) in [4.78, 5) is 32.9. The Kier molecular flexibility index (Phi) is 4.90. The Balaban J connectivity index is 2.88. The van der Waals surface area contributed by atoms with E-state index in [-0.39, 0.29) is 5.92 Å². The van der Waals surface area contributed by atoms with Gasteiger partial charge in [0.25, 0.3) is 5.69 Å². The predicted octanol–water partition coefficient (Wildman–Crippen LogP) is 2.71. The summed E-state index contributed by atoms with van der Waals surface area (Å²) in [5, 5.41) is 10.4. The van der Waals surface area contributed by atoms with Crippen LogP contribution >= 0.6 is 0 Å². The largest absolute Gasteiger partial charge is 0.389 e. The molecule has 0 amide bonds. The van der Waals surface area contributed by atoms with Gasteiger partial charge in [-0.2, -0.15) is 0 Å². The number of halogens is 1. The van der Waals surface area contributed by atoms with Crippen molar-refractivity contribution in [2.75, 3.05) is 0 Å². The third-order valence-corrected chi connectivity index (χ3v) is 2.95. The third-order valence-electron chi connectivity index (χ3n) is 2.95. The number of esters is 2. The molecule has 1 unspecified atom stereocenters. The Hall–Kier alpha value is -2.31. The first-order valence-electron chi connectivity index (χ1n) is 5.94. The van der Waals surface area contributed by atoms with Crippen molar-refractivity contribution in [3.05, 3.63) is 39.7 Å². The van der Waals surface area contributed by atoms with Gasteiger partial charge >= 0.3 is 11.9 Å². The van der Waals surface area contributed by atoms with Crippen LogP contribution in [0.15, 0.2) is 18.2 Å². The molecule has 1 aromatic carbocycles. The highest BCUT2D eigenvalue weighted by molar-refractivity contribution is 5.97. The van der Waals surface area contributed by atoms with Gasteiger partial charge in [0.15, 0.2) is 0 Å². The second-order valence-electron chi connectivity index (χ2n) is 4.66. The summed E-state index contributed by atoms with van der Waals surface area (Å²) >= 11 is 0. The summed E-state index contributed by atoms with van der Waals surface area (Å²) < 4.78 is 18.1. The molecule has 0 saturated heterocycles. The Morgan fingerprint density at radius 2 is 1.90 bits per heavy atom. The Bertz CT molecular complexity index is 556. The van der Waals surface area contributed by atoms with Gasteiger partial charge in [-0.05, 0) is 12.0 Å². The normalized spacial score (nSPS) is 12.1. The van der Waals surface area contributed by atoms with E-state index in [4.69, 9.17) is 0 Å². The van der Waals surface area contributed by atoms with E-state index in [1.807, 2.05) is 0 Å². The zero-order valence-corrected chi connectivity index (χ0v) is 11.3. The van der Waals surface area contributed by atoms with E-state index >= 15 is 0 Å². The predicted molar refractivity (Wildman–Crippen MR) is 67.5 cm³/mol. The molecule has 0 heterocycles. The van der Waals surface area contributed by atoms with Gasteiger partial charge in [0, 0.05) is 6.07 Å². The summed E-state index contributed by atoms with van der Waals surface area (Å²) in [6.45, 7) is 5.15. The number of benzene rings is 1. The molecule has 1 aromatic rings. The van der Waals surface area contributed by atoms with E-state index in [1.54, 1.807) is 20.8 Å². The van der Waals surface area contributed by atoms with Crippen LogP contribution in [-0.2, 0) is 9.53 Å². The van der Waals surface area contributed by atoms with Gasteiger partial charge in [0.2, 0.25) is 0 Å². The minimum Gasteiger partial charge on any atom is -0.389 e. The Morgan fingerprint density at radius 1 is 1.30 bits per heavy atom. The van der Waals surface area contributed by atoms with Crippen molar-refractivity contribution in [1.82, 2.24) is 0 Å². The molecule has 1 rings (SSSR count). The van der Waals surface area contributed by atoms with Crippen molar-refractivity contribution in [2.45, 2.75) is 20.8 Å². The molecule has 20 heavy (non-hydrogen) atoms. The molecule has 108 valence electrons. The first kappa shape index (κ1) is 15.7. The van der Waals surface area contributed by atoms with Crippen LogP contribution in [-0.4, -0.2) is 16.9 Å². The highest BCUT2D eigenvalue weighted by Gasteiger charge is 2.24. The third kappa shape index (κ3) is 3.59. The zero-order chi connectivity index (χ0) is 15.4. The lowest BCUT2D eigenvalue weighted by atomic mass is 9.98. The highest BCUT2D eigenvalue weighted by atomic mass is 19.1. The molecule has 6 nitrogen and oxygen atoms in total. The standard InChI is InChI=1S/C13H14FNO5/c1-7(2)8(3)12(16)20-13(17)10-5-4-9(15(18)19)6-11(10)14/h4-8H,1-3H3. The van der Waals surface area contributed by atoms with E-state index in [0.29, 0.717) is 6.07 Å². The van der Waals surface area contributed by atoms with Crippen LogP contribution in [0, 0.1) is 27.8 Å². The molecule has 0 N–H and O–H groups in total. The summed E-state index contributed by atoms with van der Waals surface area (Å²) in [5.74, 6) is -3.57. The fourth-order valence-corrected chi connectivity index (χ4v) is 1.29. The number of carbonyl (C=O) groups excluding carboxylic acids is 2. The molecule has 1 atom stereocenters. The van der Waals surface area contributed by atoms with Crippen LogP contribution in [0.3, 0.4) is 0 Å². The van der Waals surface area contributed by atoms with Crippen LogP contribution in [0.2, 0.25) is 0 Å². The van der Waals surface area contributed by atoms with E-state index in [9.17, 15) is 24.1 Å². The Morgan fingerprint density at radius 3 is 2.35 bits per heavy atom. The van der Waals surface area contributed by atoms with Gasteiger partial charge in [0.05, 0.1) is 22.5 Å². The quantitative estimate of drug-likeness (QED) is 0.367. The molecule has 0 saturated carbocycles. The van der Waals surface area contributed by atoms with Gasteiger partial charge in [-0.1, -0.05) is 20.8 Å². The lowest BCUT2D eigenvalue weighted by Crippen LogP contribution is -2.23. The zero-order valence-electron chi connectivity index (χ0n) is 11.3. The number of nitro benzene ring substituents is 1. The lowest BCUT2D eigenvalue weighted by Gasteiger charge is -2.13. The van der Waals surface area contributed by atoms with Gasteiger partial charge in [-0.3, -0.25) is 14.9 Å². The molecule has 0 aromatic heterocycles. The van der Waals surface area contributed by atoms with Crippen molar-refractivity contribution in [3.8, 4) is 0 Å². The fraction of sp³-hybridized carbons (Fsp3) is 0.385. The molecule has 0 fully saturated rings. The van der Waals surface area contributed by atoms with E-state index in [0.717, 1.165) is 12.1 Å². The number of nitro groups is 1. The minimum absolute atomic E-state index is 0.0305. The topological polar surface area (TPSA) is 86.5 Å². The fourth-order valence-electron chi connectivity index (χ4n) is 1.29. The van der Waals surface area contributed by atoms with Crippen LogP contribution in [0.1, 0.15) is 31.1 Å². The van der Waals surface area contributed by atoms with E-state index < -0.39 is 39.8 Å². The van der Waals surface area contributed by atoms with Crippen LogP contribution < -0.4 is 0 Å². The minimum atomic E-state index is -1.16. The molecular weight excluding hydrogens is 269 g/mol. The molecule has 0 radical (unpaired) electrons. The van der Waals surface area contributed by atoms with Crippen molar-refractivity contribution < 1.29 is 23.6 Å². The number of non-ortho nitro benzene ring substituents is 1. The number of rotatable bonds is 4. The van der Waals surface area contributed by atoms with E-state index in [2.05, 4.69) is 4.74 Å². The van der Waals surface area contributed by atoms with Gasteiger partial charge in [-0.25, -0.2) is 9.18 Å². The van der Waals surface area contributed by atoms with Gasteiger partial charge in [0.1, 0.15) is 5.82 Å². The van der Waals surface area contributed by atoms with E-state index in [1.165, 1.54) is 0 Å². The average molecular weight is 283 g/mol. The number of hydrogen-bond donors (Lipinski definition) is 0. The smallest absolute Gasteiger partial charge is 0.348 e. The summed E-state index contributed by atoms with van der Waals surface area (Å²) in [6.07, 6.45) is 0. The monoisotopic (exact) mass is 283 g/mol. The van der Waals surface area contributed by atoms with Crippen molar-refractivity contribution >= 4 is 17.6 Å². The molecular formula is C13H14FNO5. The number of nitrogens with zero attached hydrogens (tertiary/aromatic N) is 1. The van der Waals surface area contributed by atoms with Crippen molar-refractivity contribution in [2.24, 2.45) is 11.8 Å². The van der Waals surface area contributed by atoms with Crippen LogP contribution in [0.4, 0.5) is 10.1 Å². The molecule has 0 aliphatic heterocycles. The van der Waals surface area contributed by atoms with Crippen molar-refractivity contribution in [3.63, 3.8) is 0 Å². The summed E-state index contributed by atoms with van der Waals surface area (Å²) in [7, 11) is 0. The Labute approximate surface area is 114 Å². The number of carbonyl (C=O) groups is 2. The second kappa shape index (κ2) is 6.23. The molecule has 0 spiro atoms. The second-order valence-corrected chi connectivity index (χ2v) is 4.66. The number of ether oxygens (including phenoxy) is 1. The van der Waals surface area contributed by atoms with Crippen LogP contribution in [0.25, 0.3) is 0 Å². The molecule has 0 bridgehead atoms. The average Bonchev–Trinajstić information content (AvgIpc) is 2.36. The number of hydrogen-bond acceptors (Lipinski definition) is 5. The van der Waals surface area contributed by atoms with Crippen LogP contribution in [0.5, 0.6) is 0 Å². The maximum absolute atomic E-state index is 13.6. The van der Waals surface area contributed by atoms with Gasteiger partial charge < -0.3 is 4.74 Å². The molecule has 0 aliphatic carbocycles. The summed E-state index contributed by atoms with van der Waals surface area (Å²) in [5.41, 5.74) is -0.999. The molecule has 7 heteroatoms. The van der Waals surface area contributed by atoms with Gasteiger partial charge in [-0.15, -0.1) is 0 Å². The summed E-state index contributed by atoms with van der Waals surface area (Å²) in [6, 6.07) is 2.49.